The Hall–Kier alpha value is -2.19. The van der Waals surface area contributed by atoms with Gasteiger partial charge >= 0.3 is 0 Å². The fourth-order valence-corrected chi connectivity index (χ4v) is 4.67. The molecule has 2 aromatic rings. The summed E-state index contributed by atoms with van der Waals surface area (Å²) in [5, 5.41) is 23.3. The molecule has 2 aromatic carbocycles. The Bertz CT molecular complexity index is 952. The topological polar surface area (TPSA) is 85.3 Å². The number of piperazine rings is 1. The van der Waals surface area contributed by atoms with Crippen molar-refractivity contribution < 1.29 is 19.7 Å². The highest BCUT2D eigenvalue weighted by Gasteiger charge is 2.22. The molecule has 0 spiro atoms. The van der Waals surface area contributed by atoms with E-state index in [1.54, 1.807) is 18.2 Å². The van der Waals surface area contributed by atoms with Gasteiger partial charge in [-0.25, -0.2) is 0 Å². The number of benzene rings is 2. The minimum atomic E-state index is -0.559. The third kappa shape index (κ3) is 7.15. The molecule has 34 heavy (non-hydrogen) atoms. The molecule has 1 aliphatic carbocycles. The number of nitrogens with zero attached hydrogens (tertiary/aromatic N) is 2. The number of nitrogens with one attached hydrogen (secondary N) is 1. The van der Waals surface area contributed by atoms with Crippen molar-refractivity contribution in [1.82, 2.24) is 4.90 Å². The molecular weight excluding hydrogens is 477 g/mol. The number of phenols is 1. The summed E-state index contributed by atoms with van der Waals surface area (Å²) < 4.78 is 6.01. The van der Waals surface area contributed by atoms with Crippen LogP contribution in [0, 0.1) is 0 Å². The number of rotatable bonds is 7. The highest BCUT2D eigenvalue weighted by atomic mass is 35.5. The second-order valence-electron chi connectivity index (χ2n) is 8.74. The van der Waals surface area contributed by atoms with Gasteiger partial charge in [-0.15, -0.1) is 24.8 Å². The van der Waals surface area contributed by atoms with E-state index < -0.39 is 6.10 Å². The second kappa shape index (κ2) is 13.0. The van der Waals surface area contributed by atoms with Crippen molar-refractivity contribution >= 4 is 42.1 Å². The summed E-state index contributed by atoms with van der Waals surface area (Å²) >= 11 is 0. The number of aliphatic hydroxyl groups excluding tert-OH is 1. The summed E-state index contributed by atoms with van der Waals surface area (Å²) in [6, 6.07) is 11.2. The van der Waals surface area contributed by atoms with Gasteiger partial charge < -0.3 is 25.2 Å². The lowest BCUT2D eigenvalue weighted by Crippen LogP contribution is -2.49. The molecule has 1 aliphatic heterocycles. The highest BCUT2D eigenvalue weighted by Crippen LogP contribution is 2.31. The van der Waals surface area contributed by atoms with E-state index in [1.165, 1.54) is 30.9 Å². The van der Waals surface area contributed by atoms with Crippen molar-refractivity contribution in [2.75, 3.05) is 49.5 Å². The van der Waals surface area contributed by atoms with E-state index in [4.69, 9.17) is 4.74 Å². The summed E-state index contributed by atoms with van der Waals surface area (Å²) in [6.07, 6.45) is 4.04. The predicted molar refractivity (Wildman–Crippen MR) is 140 cm³/mol. The van der Waals surface area contributed by atoms with Gasteiger partial charge in [-0.2, -0.15) is 0 Å². The average Bonchev–Trinajstić information content (AvgIpc) is 2.79. The Labute approximate surface area is 213 Å². The largest absolute Gasteiger partial charge is 0.508 e. The molecule has 1 amide bonds. The molecule has 3 N–H and O–H groups in total. The van der Waals surface area contributed by atoms with E-state index in [9.17, 15) is 15.0 Å². The maximum Gasteiger partial charge on any atom is 0.221 e. The summed E-state index contributed by atoms with van der Waals surface area (Å²) in [7, 11) is 0. The van der Waals surface area contributed by atoms with Gasteiger partial charge in [0.2, 0.25) is 5.91 Å². The van der Waals surface area contributed by atoms with Crippen molar-refractivity contribution in [3.05, 3.63) is 47.5 Å². The second-order valence-corrected chi connectivity index (χ2v) is 8.74. The van der Waals surface area contributed by atoms with Crippen LogP contribution in [0.4, 0.5) is 11.4 Å². The number of hydrogen-bond acceptors (Lipinski definition) is 6. The minimum absolute atomic E-state index is 0. The number of halogens is 2. The van der Waals surface area contributed by atoms with Crippen molar-refractivity contribution in [2.45, 2.75) is 38.7 Å². The number of aromatic hydroxyl groups is 1. The van der Waals surface area contributed by atoms with Crippen molar-refractivity contribution in [3.63, 3.8) is 0 Å². The molecule has 1 fully saturated rings. The van der Waals surface area contributed by atoms with Crippen LogP contribution >= 0.6 is 24.8 Å². The number of amides is 1. The van der Waals surface area contributed by atoms with Crippen LogP contribution in [0.25, 0.3) is 0 Å². The lowest BCUT2D eigenvalue weighted by molar-refractivity contribution is -0.114. The van der Waals surface area contributed by atoms with Gasteiger partial charge in [0, 0.05) is 45.7 Å². The Balaban J connectivity index is 0.00000204. The van der Waals surface area contributed by atoms with Crippen LogP contribution in [0.2, 0.25) is 0 Å². The summed E-state index contributed by atoms with van der Waals surface area (Å²) in [5.41, 5.74) is 4.20. The number of phenolic OH excluding ortho intramolecular Hbond substituents is 1. The SMILES string of the molecule is CC(=O)Nc1ccc(O)cc1N1CCN(CC(O)COc2cccc3c2CCCC3)CC1.Cl.Cl. The van der Waals surface area contributed by atoms with Gasteiger partial charge in [-0.1, -0.05) is 12.1 Å². The first-order chi connectivity index (χ1) is 15.5. The minimum Gasteiger partial charge on any atom is -0.508 e. The number of aliphatic hydroxyl groups is 1. The molecule has 7 nitrogen and oxygen atoms in total. The number of β-amino-alcohol motifs (C(OH)–C–C–N with tert-alkyl or cyclic N) is 1. The molecule has 1 heterocycles. The van der Waals surface area contributed by atoms with Gasteiger partial charge in [0.15, 0.2) is 0 Å². The van der Waals surface area contributed by atoms with Crippen molar-refractivity contribution in [1.29, 1.82) is 0 Å². The number of anilines is 2. The fourth-order valence-electron chi connectivity index (χ4n) is 4.67. The molecule has 1 atom stereocenters. The Morgan fingerprint density at radius 2 is 1.82 bits per heavy atom. The lowest BCUT2D eigenvalue weighted by atomic mass is 9.91. The van der Waals surface area contributed by atoms with E-state index in [0.29, 0.717) is 12.2 Å². The molecule has 0 radical (unpaired) electrons. The number of carbonyl (C=O) groups is 1. The Kier molecular flexibility index (Phi) is 10.8. The quantitative estimate of drug-likeness (QED) is 0.492. The zero-order valence-corrected chi connectivity index (χ0v) is 21.2. The van der Waals surface area contributed by atoms with Crippen LogP contribution in [0.3, 0.4) is 0 Å². The predicted octanol–water partition coefficient (Wildman–Crippen LogP) is 3.63. The van der Waals surface area contributed by atoms with E-state index in [-0.39, 0.29) is 43.1 Å². The Morgan fingerprint density at radius 1 is 1.09 bits per heavy atom. The number of carbonyl (C=O) groups excluding carboxylic acids is 1. The van der Waals surface area contributed by atoms with E-state index in [2.05, 4.69) is 21.2 Å². The number of hydrogen-bond donors (Lipinski definition) is 3. The monoisotopic (exact) mass is 511 g/mol. The van der Waals surface area contributed by atoms with Gasteiger partial charge in [0.1, 0.15) is 24.2 Å². The highest BCUT2D eigenvalue weighted by molar-refractivity contribution is 5.93. The van der Waals surface area contributed by atoms with Gasteiger partial charge in [-0.3, -0.25) is 9.69 Å². The number of fused-ring (bicyclic) bond motifs is 1. The molecule has 9 heteroatoms. The van der Waals surface area contributed by atoms with Gasteiger partial charge in [-0.05, 0) is 55.0 Å². The van der Waals surface area contributed by atoms with Crippen LogP contribution < -0.4 is 15.0 Å². The number of ether oxygens (including phenoxy) is 1. The van der Waals surface area contributed by atoms with Crippen LogP contribution in [0.15, 0.2) is 36.4 Å². The molecule has 1 unspecified atom stereocenters. The molecule has 4 rings (SSSR count). The van der Waals surface area contributed by atoms with Crippen LogP contribution in [-0.2, 0) is 17.6 Å². The Morgan fingerprint density at radius 3 is 2.56 bits per heavy atom. The third-order valence-electron chi connectivity index (χ3n) is 6.26. The molecule has 0 saturated carbocycles. The summed E-state index contributed by atoms with van der Waals surface area (Å²) in [5.74, 6) is 0.950. The summed E-state index contributed by atoms with van der Waals surface area (Å²) in [6.45, 7) is 5.38. The standard InChI is InChI=1S/C25H33N3O4.2ClH/c1-18(29)26-23-10-9-20(30)15-24(23)28-13-11-27(12-14-28)16-21(31)17-32-25-8-4-6-19-5-2-3-7-22(19)25;;/h4,6,8-10,15,21,30-31H,2-3,5,7,11-14,16-17H2,1H3,(H,26,29);2*1H. The molecule has 0 aromatic heterocycles. The number of aryl methyl sites for hydroxylation is 1. The average molecular weight is 512 g/mol. The van der Waals surface area contributed by atoms with E-state index >= 15 is 0 Å². The lowest BCUT2D eigenvalue weighted by Gasteiger charge is -2.37. The molecule has 2 aliphatic rings. The third-order valence-corrected chi connectivity index (χ3v) is 6.26. The molecule has 188 valence electrons. The first kappa shape index (κ1) is 28.1. The molecule has 1 saturated heterocycles. The van der Waals surface area contributed by atoms with Crippen LogP contribution in [0.1, 0.15) is 30.9 Å². The first-order valence-electron chi connectivity index (χ1n) is 11.5. The van der Waals surface area contributed by atoms with Crippen molar-refractivity contribution in [2.24, 2.45) is 0 Å². The van der Waals surface area contributed by atoms with E-state index in [1.807, 2.05) is 12.1 Å². The smallest absolute Gasteiger partial charge is 0.221 e. The van der Waals surface area contributed by atoms with Crippen LogP contribution in [0.5, 0.6) is 11.5 Å². The maximum atomic E-state index is 11.5. The van der Waals surface area contributed by atoms with Gasteiger partial charge in [0.25, 0.3) is 0 Å². The zero-order valence-electron chi connectivity index (χ0n) is 19.5. The zero-order chi connectivity index (χ0) is 22.5. The normalized spacial score (nSPS) is 16.5. The van der Waals surface area contributed by atoms with Gasteiger partial charge in [0.05, 0.1) is 11.4 Å². The first-order valence-corrected chi connectivity index (χ1v) is 11.5. The summed E-state index contributed by atoms with van der Waals surface area (Å²) in [4.78, 5) is 15.9. The molecular formula is C25H35Cl2N3O4. The van der Waals surface area contributed by atoms with Crippen molar-refractivity contribution in [3.8, 4) is 11.5 Å². The maximum absolute atomic E-state index is 11.5. The van der Waals surface area contributed by atoms with Crippen LogP contribution in [-0.4, -0.2) is 66.5 Å². The molecule has 0 bridgehead atoms. The fraction of sp³-hybridized carbons (Fsp3) is 0.480. The van der Waals surface area contributed by atoms with E-state index in [0.717, 1.165) is 50.5 Å².